The highest BCUT2D eigenvalue weighted by Gasteiger charge is 2.19. The average Bonchev–Trinajstić information content (AvgIpc) is 3.38. The van der Waals surface area contributed by atoms with Crippen molar-refractivity contribution < 1.29 is 28.6 Å². The molecule has 1 atom stereocenters. The summed E-state index contributed by atoms with van der Waals surface area (Å²) < 4.78 is 16.8. The van der Waals surface area contributed by atoms with Gasteiger partial charge in [-0.15, -0.1) is 0 Å². The number of esters is 3. The van der Waals surface area contributed by atoms with Crippen molar-refractivity contribution in [1.29, 1.82) is 0 Å². The first-order chi connectivity index (χ1) is 35.5. The van der Waals surface area contributed by atoms with E-state index in [4.69, 9.17) is 14.2 Å². The molecule has 422 valence electrons. The molecule has 0 aliphatic carbocycles. The topological polar surface area (TPSA) is 78.9 Å². The second-order valence-corrected chi connectivity index (χ2v) is 21.7. The van der Waals surface area contributed by atoms with Gasteiger partial charge in [0.05, 0.1) is 0 Å². The minimum absolute atomic E-state index is 0.0662. The first kappa shape index (κ1) is 69.6. The molecule has 0 N–H and O–H groups in total. The molecule has 0 radical (unpaired) electrons. The number of hydrogen-bond donors (Lipinski definition) is 0. The average molecular weight is 1010 g/mol. The van der Waals surface area contributed by atoms with E-state index in [0.29, 0.717) is 19.3 Å². The number of unbranched alkanes of at least 4 members (excludes halogenated alkanes) is 42. The van der Waals surface area contributed by atoms with Gasteiger partial charge in [-0.3, -0.25) is 14.4 Å². The predicted molar refractivity (Wildman–Crippen MR) is 312 cm³/mol. The van der Waals surface area contributed by atoms with E-state index in [0.717, 1.165) is 70.6 Å². The lowest BCUT2D eigenvalue weighted by Crippen LogP contribution is -2.30. The molecule has 0 rings (SSSR count). The molecule has 1 unspecified atom stereocenters. The molecular weight excluding hydrogens is 889 g/mol. The van der Waals surface area contributed by atoms with E-state index in [1.54, 1.807) is 0 Å². The second-order valence-electron chi connectivity index (χ2n) is 21.7. The number of allylic oxidation sites excluding steroid dienone is 6. The van der Waals surface area contributed by atoms with Gasteiger partial charge in [-0.1, -0.05) is 308 Å². The molecule has 0 amide bonds. The first-order valence-corrected chi connectivity index (χ1v) is 32.0. The van der Waals surface area contributed by atoms with Crippen LogP contribution < -0.4 is 0 Å². The summed E-state index contributed by atoms with van der Waals surface area (Å²) in [6.45, 7) is 6.62. The van der Waals surface area contributed by atoms with Crippen LogP contribution in [0.4, 0.5) is 0 Å². The highest BCUT2D eigenvalue weighted by molar-refractivity contribution is 5.71. The van der Waals surface area contributed by atoms with Crippen LogP contribution in [0.3, 0.4) is 0 Å². The fourth-order valence-electron chi connectivity index (χ4n) is 9.57. The summed E-state index contributed by atoms with van der Waals surface area (Å²) in [6, 6.07) is 0. The molecule has 6 heteroatoms. The van der Waals surface area contributed by atoms with Gasteiger partial charge in [-0.2, -0.15) is 0 Å². The van der Waals surface area contributed by atoms with Crippen LogP contribution >= 0.6 is 0 Å². The minimum Gasteiger partial charge on any atom is -0.462 e. The van der Waals surface area contributed by atoms with Gasteiger partial charge in [0.2, 0.25) is 0 Å². The Bertz CT molecular complexity index is 1210. The Morgan fingerprint density at radius 1 is 0.278 bits per heavy atom. The standard InChI is InChI=1S/C66H122O6/c1-4-7-10-13-16-18-20-22-24-25-26-27-28-29-30-31-32-33-34-35-36-37-38-39-40-41-43-44-46-48-50-53-56-59-65(68)71-62-63(61-70-64(67)58-55-52-15-12-9-6-3)72-66(69)60-57-54-51-49-47-45-42-23-21-19-17-14-11-8-5-2/h20,22,25-26,28-29,63H,4-19,21,23-24,27,30-62H2,1-3H3/b22-20-,26-25-,29-28-. The van der Waals surface area contributed by atoms with E-state index < -0.39 is 6.10 Å². The smallest absolute Gasteiger partial charge is 0.306 e. The largest absolute Gasteiger partial charge is 0.462 e. The monoisotopic (exact) mass is 1010 g/mol. The van der Waals surface area contributed by atoms with Gasteiger partial charge in [0.1, 0.15) is 13.2 Å². The van der Waals surface area contributed by atoms with E-state index >= 15 is 0 Å². The Morgan fingerprint density at radius 2 is 0.500 bits per heavy atom. The number of ether oxygens (including phenoxy) is 3. The molecule has 0 saturated carbocycles. The van der Waals surface area contributed by atoms with Crippen molar-refractivity contribution in [3.63, 3.8) is 0 Å². The molecule has 0 fully saturated rings. The third-order valence-corrected chi connectivity index (χ3v) is 14.4. The highest BCUT2D eigenvalue weighted by atomic mass is 16.6. The molecule has 0 spiro atoms. The van der Waals surface area contributed by atoms with Gasteiger partial charge in [0.15, 0.2) is 6.10 Å². The molecule has 0 heterocycles. The van der Waals surface area contributed by atoms with E-state index in [1.807, 2.05) is 0 Å². The Balaban J connectivity index is 3.93. The number of rotatable bonds is 59. The van der Waals surface area contributed by atoms with Crippen molar-refractivity contribution in [2.24, 2.45) is 0 Å². The van der Waals surface area contributed by atoms with Crippen LogP contribution in [-0.4, -0.2) is 37.2 Å². The van der Waals surface area contributed by atoms with Crippen LogP contribution in [0.5, 0.6) is 0 Å². The third-order valence-electron chi connectivity index (χ3n) is 14.4. The molecule has 6 nitrogen and oxygen atoms in total. The molecule has 0 aromatic carbocycles. The van der Waals surface area contributed by atoms with Gasteiger partial charge in [-0.25, -0.2) is 0 Å². The van der Waals surface area contributed by atoms with Crippen LogP contribution in [0.25, 0.3) is 0 Å². The third kappa shape index (κ3) is 58.5. The fraction of sp³-hybridized carbons (Fsp3) is 0.864. The Labute approximate surface area is 448 Å². The van der Waals surface area contributed by atoms with Crippen LogP contribution in [-0.2, 0) is 28.6 Å². The lowest BCUT2D eigenvalue weighted by Gasteiger charge is -2.18. The Kier molecular flexibility index (Phi) is 59.2. The summed E-state index contributed by atoms with van der Waals surface area (Å²) in [5.41, 5.74) is 0. The Hall–Kier alpha value is -2.37. The van der Waals surface area contributed by atoms with Crippen LogP contribution in [0, 0.1) is 0 Å². The van der Waals surface area contributed by atoms with Crippen molar-refractivity contribution in [2.75, 3.05) is 13.2 Å². The maximum atomic E-state index is 12.8. The normalized spacial score (nSPS) is 12.2. The summed E-state index contributed by atoms with van der Waals surface area (Å²) >= 11 is 0. The molecule has 72 heavy (non-hydrogen) atoms. The lowest BCUT2D eigenvalue weighted by atomic mass is 10.0. The zero-order valence-corrected chi connectivity index (χ0v) is 48.5. The van der Waals surface area contributed by atoms with Gasteiger partial charge in [0, 0.05) is 19.3 Å². The van der Waals surface area contributed by atoms with E-state index in [-0.39, 0.29) is 31.1 Å². The number of carbonyl (C=O) groups is 3. The van der Waals surface area contributed by atoms with E-state index in [9.17, 15) is 14.4 Å². The summed E-state index contributed by atoms with van der Waals surface area (Å²) in [5.74, 6) is -0.855. The summed E-state index contributed by atoms with van der Waals surface area (Å²) in [6.07, 6.45) is 74.9. The molecule has 0 aliphatic heterocycles. The van der Waals surface area contributed by atoms with Crippen molar-refractivity contribution in [3.05, 3.63) is 36.5 Å². The zero-order valence-electron chi connectivity index (χ0n) is 48.5. The van der Waals surface area contributed by atoms with E-state index in [1.165, 1.54) is 238 Å². The fourth-order valence-corrected chi connectivity index (χ4v) is 9.57. The maximum Gasteiger partial charge on any atom is 0.306 e. The van der Waals surface area contributed by atoms with Crippen LogP contribution in [0.2, 0.25) is 0 Å². The minimum atomic E-state index is -0.764. The molecular formula is C66H122O6. The molecule has 0 aliphatic rings. The Morgan fingerprint density at radius 3 is 0.778 bits per heavy atom. The lowest BCUT2D eigenvalue weighted by molar-refractivity contribution is -0.167. The highest BCUT2D eigenvalue weighted by Crippen LogP contribution is 2.18. The van der Waals surface area contributed by atoms with Crippen LogP contribution in [0.1, 0.15) is 348 Å². The molecule has 0 aromatic heterocycles. The van der Waals surface area contributed by atoms with Crippen molar-refractivity contribution in [3.8, 4) is 0 Å². The van der Waals surface area contributed by atoms with Gasteiger partial charge in [0.25, 0.3) is 0 Å². The first-order valence-electron chi connectivity index (χ1n) is 32.0. The van der Waals surface area contributed by atoms with Crippen molar-refractivity contribution in [2.45, 2.75) is 354 Å². The molecule has 0 aromatic rings. The molecule has 0 bridgehead atoms. The summed E-state index contributed by atoms with van der Waals surface area (Å²) in [4.78, 5) is 37.9. The van der Waals surface area contributed by atoms with Gasteiger partial charge in [-0.05, 0) is 57.8 Å². The second kappa shape index (κ2) is 61.2. The van der Waals surface area contributed by atoms with Gasteiger partial charge >= 0.3 is 17.9 Å². The summed E-state index contributed by atoms with van der Waals surface area (Å²) in [7, 11) is 0. The van der Waals surface area contributed by atoms with Crippen LogP contribution in [0.15, 0.2) is 36.5 Å². The van der Waals surface area contributed by atoms with Gasteiger partial charge < -0.3 is 14.2 Å². The SMILES string of the molecule is CCCCCCC/C=C\C/C=C\C/C=C\CCCCCCCCCCCCCCCCCCCCC(=O)OCC(COC(=O)CCCCCCCC)OC(=O)CCCCCCCCCCCCCCCCC. The summed E-state index contributed by atoms with van der Waals surface area (Å²) in [5, 5.41) is 0. The maximum absolute atomic E-state index is 12.8. The molecule has 0 saturated heterocycles. The van der Waals surface area contributed by atoms with Crippen molar-refractivity contribution in [1.82, 2.24) is 0 Å². The number of hydrogen-bond acceptors (Lipinski definition) is 6. The zero-order chi connectivity index (χ0) is 52.2. The van der Waals surface area contributed by atoms with E-state index in [2.05, 4.69) is 57.2 Å². The quantitative estimate of drug-likeness (QED) is 0.0261. The number of carbonyl (C=O) groups excluding carboxylic acids is 3. The predicted octanol–water partition coefficient (Wildman–Crippen LogP) is 21.6. The van der Waals surface area contributed by atoms with Crippen molar-refractivity contribution >= 4 is 17.9 Å².